The zero-order valence-corrected chi connectivity index (χ0v) is 27.2. The van der Waals surface area contributed by atoms with Crippen molar-refractivity contribution >= 4 is 11.8 Å². The van der Waals surface area contributed by atoms with Crippen LogP contribution in [0.2, 0.25) is 0 Å². The van der Waals surface area contributed by atoms with E-state index >= 15 is 0 Å². The topological polar surface area (TPSA) is 43.2 Å². The maximum Gasteiger partial charge on any atom is 0.193 e. The summed E-state index contributed by atoms with van der Waals surface area (Å²) in [5.41, 5.74) is -0.213. The van der Waals surface area contributed by atoms with Crippen LogP contribution in [-0.2, 0) is 9.47 Å². The lowest BCUT2D eigenvalue weighted by molar-refractivity contribution is -0.0926. The lowest BCUT2D eigenvalue weighted by Crippen LogP contribution is -2.56. The van der Waals surface area contributed by atoms with E-state index in [0.29, 0.717) is 41.9 Å². The molecule has 0 spiro atoms. The summed E-state index contributed by atoms with van der Waals surface area (Å²) in [5, 5.41) is 0. The molecule has 0 saturated heterocycles. The second-order valence-corrected chi connectivity index (χ2v) is 15.9. The SMILES string of the molecule is CC(C)[C@H]1N=C(CC2=N[C@H](C(C)C)C(C3CCCCC3)(C3CCCCC3)O2)OC1(C1CCCCC1)C1CCCCC1. The predicted octanol–water partition coefficient (Wildman–Crippen LogP) is 10.1. The van der Waals surface area contributed by atoms with Crippen LogP contribution in [0.15, 0.2) is 9.98 Å². The van der Waals surface area contributed by atoms with E-state index in [4.69, 9.17) is 19.5 Å². The third-order valence-electron chi connectivity index (χ3n) is 12.6. The van der Waals surface area contributed by atoms with Crippen LogP contribution < -0.4 is 0 Å². The van der Waals surface area contributed by atoms with E-state index in [1.54, 1.807) is 0 Å². The monoisotopic (exact) mass is 566 g/mol. The molecule has 0 aromatic rings. The van der Waals surface area contributed by atoms with Crippen LogP contribution >= 0.6 is 0 Å². The van der Waals surface area contributed by atoms with Gasteiger partial charge in [0.05, 0.1) is 18.5 Å². The summed E-state index contributed by atoms with van der Waals surface area (Å²) in [6, 6.07) is 0.543. The molecule has 0 bridgehead atoms. The lowest BCUT2D eigenvalue weighted by Gasteiger charge is -2.50. The molecular formula is C37H62N2O2. The van der Waals surface area contributed by atoms with Crippen LogP contribution in [0.3, 0.4) is 0 Å². The van der Waals surface area contributed by atoms with Gasteiger partial charge in [-0.3, -0.25) is 0 Å². The van der Waals surface area contributed by atoms with Gasteiger partial charge in [-0.15, -0.1) is 0 Å². The van der Waals surface area contributed by atoms with Crippen LogP contribution in [0.25, 0.3) is 0 Å². The van der Waals surface area contributed by atoms with E-state index in [1.165, 1.54) is 128 Å². The zero-order chi connectivity index (χ0) is 28.5. The Morgan fingerprint density at radius 3 is 1.00 bits per heavy atom. The average molecular weight is 567 g/mol. The molecule has 4 saturated carbocycles. The van der Waals surface area contributed by atoms with Gasteiger partial charge in [-0.25, -0.2) is 9.98 Å². The first-order chi connectivity index (χ1) is 19.9. The molecule has 4 aliphatic carbocycles. The quantitative estimate of drug-likeness (QED) is 0.293. The summed E-state index contributed by atoms with van der Waals surface area (Å²) < 4.78 is 14.8. The Morgan fingerprint density at radius 1 is 0.488 bits per heavy atom. The second-order valence-electron chi connectivity index (χ2n) is 15.9. The molecule has 4 fully saturated rings. The molecule has 2 atom stereocenters. The van der Waals surface area contributed by atoms with Crippen molar-refractivity contribution in [3.05, 3.63) is 0 Å². The molecule has 0 radical (unpaired) electrons. The smallest absolute Gasteiger partial charge is 0.193 e. The fraction of sp³-hybridized carbons (Fsp3) is 0.946. The number of ether oxygens (including phenoxy) is 2. The van der Waals surface area contributed by atoms with Gasteiger partial charge in [-0.2, -0.15) is 0 Å². The first-order valence-corrected chi connectivity index (χ1v) is 18.5. The summed E-state index contributed by atoms with van der Waals surface area (Å²) in [6.07, 6.45) is 27.7. The van der Waals surface area contributed by atoms with Gasteiger partial charge in [0.25, 0.3) is 0 Å². The van der Waals surface area contributed by atoms with Crippen molar-refractivity contribution in [3.63, 3.8) is 0 Å². The van der Waals surface area contributed by atoms with Gasteiger partial charge in [0.1, 0.15) is 11.2 Å². The summed E-state index contributed by atoms with van der Waals surface area (Å²) in [6.45, 7) is 9.60. The normalized spacial score (nSPS) is 32.1. The Kier molecular flexibility index (Phi) is 9.43. The van der Waals surface area contributed by atoms with E-state index in [0.717, 1.165) is 11.8 Å². The summed E-state index contributed by atoms with van der Waals surface area (Å²) >= 11 is 0. The molecule has 4 heteroatoms. The van der Waals surface area contributed by atoms with Crippen molar-refractivity contribution in [2.75, 3.05) is 0 Å². The summed E-state index contributed by atoms with van der Waals surface area (Å²) in [7, 11) is 0. The standard InChI is InChI=1S/C37H62N2O2/c1-26(2)34-36(28-17-9-5-10-18-28,29-19-11-6-12-20-29)40-32(38-34)25-33-39-35(27(3)4)37(41-33,30-21-13-7-14-22-30)31-23-15-8-16-24-31/h26-31,34-35H,5-25H2,1-4H3/t34-,35-/m1/s1. The van der Waals surface area contributed by atoms with Gasteiger partial charge >= 0.3 is 0 Å². The summed E-state index contributed by atoms with van der Waals surface area (Å²) in [5.74, 6) is 5.49. The minimum absolute atomic E-state index is 0.106. The Balaban J connectivity index is 1.29. The third kappa shape index (κ3) is 5.65. The van der Waals surface area contributed by atoms with E-state index in [9.17, 15) is 0 Å². The molecule has 0 unspecified atom stereocenters. The van der Waals surface area contributed by atoms with E-state index < -0.39 is 0 Å². The largest absolute Gasteiger partial charge is 0.471 e. The molecule has 2 aliphatic heterocycles. The predicted molar refractivity (Wildman–Crippen MR) is 171 cm³/mol. The van der Waals surface area contributed by atoms with E-state index in [2.05, 4.69) is 27.7 Å². The van der Waals surface area contributed by atoms with Crippen LogP contribution in [0, 0.1) is 35.5 Å². The zero-order valence-electron chi connectivity index (χ0n) is 27.2. The molecule has 0 aromatic heterocycles. The molecule has 0 N–H and O–H groups in total. The summed E-state index contributed by atoms with van der Waals surface area (Å²) in [4.78, 5) is 11.1. The molecule has 6 aliphatic rings. The van der Waals surface area contributed by atoms with Crippen molar-refractivity contribution in [1.82, 2.24) is 0 Å². The highest BCUT2D eigenvalue weighted by molar-refractivity contribution is 5.99. The third-order valence-corrected chi connectivity index (χ3v) is 12.6. The lowest BCUT2D eigenvalue weighted by atomic mass is 9.61. The average Bonchev–Trinajstić information content (AvgIpc) is 3.60. The number of nitrogens with zero attached hydrogens (tertiary/aromatic N) is 2. The molecular weight excluding hydrogens is 504 g/mol. The van der Waals surface area contributed by atoms with Gasteiger partial charge in [0, 0.05) is 23.7 Å². The van der Waals surface area contributed by atoms with Gasteiger partial charge in [-0.05, 0) is 63.2 Å². The molecule has 2 heterocycles. The molecule has 0 aromatic carbocycles. The molecule has 6 rings (SSSR count). The second kappa shape index (κ2) is 12.9. The molecule has 0 amide bonds. The number of aliphatic imine (C=N–C) groups is 2. The minimum Gasteiger partial charge on any atom is -0.471 e. The van der Waals surface area contributed by atoms with Crippen molar-refractivity contribution < 1.29 is 9.47 Å². The highest BCUT2D eigenvalue weighted by atomic mass is 16.5. The minimum atomic E-state index is -0.106. The fourth-order valence-corrected chi connectivity index (χ4v) is 10.9. The number of hydrogen-bond acceptors (Lipinski definition) is 4. The van der Waals surface area contributed by atoms with Crippen molar-refractivity contribution in [2.45, 2.75) is 186 Å². The van der Waals surface area contributed by atoms with E-state index in [1.807, 2.05) is 0 Å². The van der Waals surface area contributed by atoms with Crippen LogP contribution in [0.5, 0.6) is 0 Å². The van der Waals surface area contributed by atoms with Crippen molar-refractivity contribution in [1.29, 1.82) is 0 Å². The Bertz CT molecular complexity index is 803. The van der Waals surface area contributed by atoms with Gasteiger partial charge in [0.2, 0.25) is 0 Å². The maximum atomic E-state index is 7.41. The molecule has 41 heavy (non-hydrogen) atoms. The van der Waals surface area contributed by atoms with Crippen molar-refractivity contribution in [3.8, 4) is 0 Å². The fourth-order valence-electron chi connectivity index (χ4n) is 10.9. The first kappa shape index (κ1) is 30.0. The van der Waals surface area contributed by atoms with Gasteiger partial charge in [0.15, 0.2) is 11.8 Å². The highest BCUT2D eigenvalue weighted by Gasteiger charge is 2.60. The van der Waals surface area contributed by atoms with Crippen LogP contribution in [-0.4, -0.2) is 35.1 Å². The van der Waals surface area contributed by atoms with Crippen LogP contribution in [0.1, 0.15) is 163 Å². The maximum absolute atomic E-state index is 7.41. The van der Waals surface area contributed by atoms with Crippen LogP contribution in [0.4, 0.5) is 0 Å². The molecule has 4 nitrogen and oxygen atoms in total. The molecule has 232 valence electrons. The Hall–Kier alpha value is -1.06. The van der Waals surface area contributed by atoms with Crippen molar-refractivity contribution in [2.24, 2.45) is 45.5 Å². The number of hydrogen-bond donors (Lipinski definition) is 0. The number of rotatable bonds is 8. The van der Waals surface area contributed by atoms with Gasteiger partial charge in [-0.1, -0.05) is 105 Å². The van der Waals surface area contributed by atoms with E-state index in [-0.39, 0.29) is 23.3 Å². The first-order valence-electron chi connectivity index (χ1n) is 18.5. The Labute approximate surface area is 252 Å². The Morgan fingerprint density at radius 2 is 0.756 bits per heavy atom. The highest BCUT2D eigenvalue weighted by Crippen LogP contribution is 2.54. The van der Waals surface area contributed by atoms with Gasteiger partial charge < -0.3 is 9.47 Å².